The number of aryl methyl sites for hydroxylation is 2. The molecule has 152 valence electrons. The zero-order valence-electron chi connectivity index (χ0n) is 16.9. The van der Waals surface area contributed by atoms with E-state index in [0.717, 1.165) is 66.8 Å². The van der Waals surface area contributed by atoms with E-state index in [0.29, 0.717) is 17.6 Å². The highest BCUT2D eigenvalue weighted by atomic mass is 32.1. The summed E-state index contributed by atoms with van der Waals surface area (Å²) in [5, 5.41) is 0.992. The van der Waals surface area contributed by atoms with Crippen LogP contribution in [0.1, 0.15) is 40.8 Å². The lowest BCUT2D eigenvalue weighted by Crippen LogP contribution is -2.48. The molecule has 0 amide bonds. The van der Waals surface area contributed by atoms with Gasteiger partial charge in [-0.25, -0.2) is 14.8 Å². The molecule has 4 heterocycles. The second kappa shape index (κ2) is 8.31. The van der Waals surface area contributed by atoms with Crippen LogP contribution in [0, 0.1) is 13.8 Å². The van der Waals surface area contributed by atoms with Crippen LogP contribution in [-0.2, 0) is 9.47 Å². The average Bonchev–Trinajstić information content (AvgIpc) is 3.30. The molecule has 2 aliphatic rings. The van der Waals surface area contributed by atoms with Crippen molar-refractivity contribution in [1.29, 1.82) is 0 Å². The zero-order chi connectivity index (χ0) is 19.7. The van der Waals surface area contributed by atoms with Crippen LogP contribution in [0.25, 0.3) is 10.2 Å². The number of ether oxygens (including phenoxy) is 2. The van der Waals surface area contributed by atoms with Gasteiger partial charge in [0.05, 0.1) is 18.1 Å². The molecule has 2 aromatic heterocycles. The first kappa shape index (κ1) is 19.5. The number of aromatic nitrogens is 2. The number of hydrogen-bond acceptors (Lipinski definition) is 8. The number of fused-ring (bicyclic) bond motifs is 1. The lowest BCUT2D eigenvalue weighted by Gasteiger charge is -2.36. The summed E-state index contributed by atoms with van der Waals surface area (Å²) >= 11 is 1.41. The Bertz CT molecular complexity index is 855. The number of hydrogen-bond donors (Lipinski definition) is 0. The third kappa shape index (κ3) is 3.86. The molecule has 1 unspecified atom stereocenters. The van der Waals surface area contributed by atoms with Crippen molar-refractivity contribution in [2.45, 2.75) is 39.7 Å². The van der Waals surface area contributed by atoms with Crippen molar-refractivity contribution in [2.24, 2.45) is 0 Å². The van der Waals surface area contributed by atoms with E-state index in [1.165, 1.54) is 24.2 Å². The molecule has 7 nitrogen and oxygen atoms in total. The van der Waals surface area contributed by atoms with Crippen LogP contribution in [0.3, 0.4) is 0 Å². The van der Waals surface area contributed by atoms with Crippen molar-refractivity contribution >= 4 is 33.3 Å². The van der Waals surface area contributed by atoms with E-state index in [4.69, 9.17) is 14.5 Å². The Balaban J connectivity index is 1.55. The molecule has 0 spiro atoms. The fourth-order valence-electron chi connectivity index (χ4n) is 4.06. The summed E-state index contributed by atoms with van der Waals surface area (Å²) in [6.07, 6.45) is 2.76. The molecule has 0 N–H and O–H groups in total. The average molecular weight is 405 g/mol. The van der Waals surface area contributed by atoms with Gasteiger partial charge >= 0.3 is 5.97 Å². The summed E-state index contributed by atoms with van der Waals surface area (Å²) in [6, 6.07) is 0. The van der Waals surface area contributed by atoms with Gasteiger partial charge in [0.15, 0.2) is 0 Å². The Morgan fingerprint density at radius 2 is 2.04 bits per heavy atom. The van der Waals surface area contributed by atoms with E-state index in [1.807, 2.05) is 20.8 Å². The minimum Gasteiger partial charge on any atom is -0.462 e. The van der Waals surface area contributed by atoms with Gasteiger partial charge in [-0.3, -0.25) is 4.90 Å². The van der Waals surface area contributed by atoms with Crippen LogP contribution < -0.4 is 4.90 Å². The minimum atomic E-state index is -0.270. The molecule has 4 rings (SSSR count). The summed E-state index contributed by atoms with van der Waals surface area (Å²) in [4.78, 5) is 28.0. The summed E-state index contributed by atoms with van der Waals surface area (Å²) in [5.41, 5.74) is 0.926. The summed E-state index contributed by atoms with van der Waals surface area (Å²) in [6.45, 7) is 11.8. The first-order valence-electron chi connectivity index (χ1n) is 10.1. The topological polar surface area (TPSA) is 67.8 Å². The van der Waals surface area contributed by atoms with Crippen molar-refractivity contribution < 1.29 is 14.3 Å². The Kier molecular flexibility index (Phi) is 5.80. The number of rotatable bonds is 5. The van der Waals surface area contributed by atoms with Gasteiger partial charge in [-0.1, -0.05) is 0 Å². The Morgan fingerprint density at radius 1 is 1.25 bits per heavy atom. The first-order chi connectivity index (χ1) is 13.6. The van der Waals surface area contributed by atoms with Gasteiger partial charge in [0.1, 0.15) is 21.3 Å². The molecule has 0 aromatic carbocycles. The second-order valence-corrected chi connectivity index (χ2v) is 8.47. The van der Waals surface area contributed by atoms with E-state index < -0.39 is 0 Å². The Labute approximate surface area is 169 Å². The highest BCUT2D eigenvalue weighted by molar-refractivity contribution is 7.20. The fourth-order valence-corrected chi connectivity index (χ4v) is 5.18. The van der Waals surface area contributed by atoms with E-state index in [1.54, 1.807) is 0 Å². The molecule has 2 aromatic rings. The molecule has 2 fully saturated rings. The van der Waals surface area contributed by atoms with Crippen LogP contribution in [0.15, 0.2) is 0 Å². The van der Waals surface area contributed by atoms with Crippen LogP contribution in [0.2, 0.25) is 0 Å². The first-order valence-corrected chi connectivity index (χ1v) is 10.9. The highest BCUT2D eigenvalue weighted by Crippen LogP contribution is 2.36. The summed E-state index contributed by atoms with van der Waals surface area (Å²) in [7, 11) is 0. The van der Waals surface area contributed by atoms with Crippen LogP contribution in [0.4, 0.5) is 5.82 Å². The van der Waals surface area contributed by atoms with E-state index >= 15 is 0 Å². The number of carbonyl (C=O) groups is 1. The molecular formula is C20H28N4O3S. The van der Waals surface area contributed by atoms with Gasteiger partial charge < -0.3 is 14.4 Å². The minimum absolute atomic E-state index is 0.270. The molecule has 0 aliphatic carbocycles. The Morgan fingerprint density at radius 3 is 2.71 bits per heavy atom. The number of nitrogens with zero attached hydrogens (tertiary/aromatic N) is 4. The maximum atomic E-state index is 12.3. The SMILES string of the molecule is CCOC(=O)c1sc2nc(C)nc(N3CCN(CC4CCCO4)CC3)c2c1C. The van der Waals surface area contributed by atoms with Crippen molar-refractivity contribution in [3.8, 4) is 0 Å². The number of esters is 1. The fraction of sp³-hybridized carbons (Fsp3) is 0.650. The standard InChI is InChI=1S/C20H28N4O3S/c1-4-26-20(25)17-13(2)16-18(21-14(3)22-19(16)28-17)24-9-7-23(8-10-24)12-15-6-5-11-27-15/h15H,4-12H2,1-3H3. The Hall–Kier alpha value is -1.77. The van der Waals surface area contributed by atoms with Crippen LogP contribution >= 0.6 is 11.3 Å². The van der Waals surface area contributed by atoms with Gasteiger partial charge in [-0.15, -0.1) is 11.3 Å². The van der Waals surface area contributed by atoms with Crippen molar-refractivity contribution in [3.05, 3.63) is 16.3 Å². The summed E-state index contributed by atoms with van der Waals surface area (Å²) in [5.74, 6) is 1.41. The highest BCUT2D eigenvalue weighted by Gasteiger charge is 2.27. The molecule has 2 aliphatic heterocycles. The van der Waals surface area contributed by atoms with Gasteiger partial charge in [0.25, 0.3) is 0 Å². The maximum absolute atomic E-state index is 12.3. The van der Waals surface area contributed by atoms with E-state index in [-0.39, 0.29) is 5.97 Å². The molecule has 28 heavy (non-hydrogen) atoms. The number of thiophene rings is 1. The zero-order valence-corrected chi connectivity index (χ0v) is 17.7. The third-order valence-corrected chi connectivity index (χ3v) is 6.67. The molecule has 2 saturated heterocycles. The van der Waals surface area contributed by atoms with Gasteiger partial charge in [-0.05, 0) is 39.2 Å². The van der Waals surface area contributed by atoms with E-state index in [9.17, 15) is 4.79 Å². The molecular weight excluding hydrogens is 376 g/mol. The largest absolute Gasteiger partial charge is 0.462 e. The monoisotopic (exact) mass is 404 g/mol. The molecule has 8 heteroatoms. The molecule has 0 radical (unpaired) electrons. The van der Waals surface area contributed by atoms with Crippen molar-refractivity contribution in [1.82, 2.24) is 14.9 Å². The van der Waals surface area contributed by atoms with Crippen LogP contribution in [-0.4, -0.2) is 72.9 Å². The lowest BCUT2D eigenvalue weighted by molar-refractivity contribution is 0.0531. The number of piperazine rings is 1. The van der Waals surface area contributed by atoms with Crippen molar-refractivity contribution in [2.75, 3.05) is 50.8 Å². The van der Waals surface area contributed by atoms with Crippen LogP contribution in [0.5, 0.6) is 0 Å². The predicted molar refractivity (Wildman–Crippen MR) is 110 cm³/mol. The smallest absolute Gasteiger partial charge is 0.348 e. The predicted octanol–water partition coefficient (Wildman–Crippen LogP) is 2.79. The molecule has 1 atom stereocenters. The lowest BCUT2D eigenvalue weighted by atomic mass is 10.1. The molecule has 0 saturated carbocycles. The number of carbonyl (C=O) groups excluding carboxylic acids is 1. The molecule has 0 bridgehead atoms. The quantitative estimate of drug-likeness (QED) is 0.710. The second-order valence-electron chi connectivity index (χ2n) is 7.47. The third-order valence-electron chi connectivity index (χ3n) is 5.50. The maximum Gasteiger partial charge on any atom is 0.348 e. The van der Waals surface area contributed by atoms with Gasteiger partial charge in [0.2, 0.25) is 0 Å². The van der Waals surface area contributed by atoms with Gasteiger partial charge in [-0.2, -0.15) is 0 Å². The number of anilines is 1. The van der Waals surface area contributed by atoms with Crippen molar-refractivity contribution in [3.63, 3.8) is 0 Å². The summed E-state index contributed by atoms with van der Waals surface area (Å²) < 4.78 is 11.0. The van der Waals surface area contributed by atoms with Gasteiger partial charge in [0, 0.05) is 39.3 Å². The normalized spacial score (nSPS) is 20.8. The van der Waals surface area contributed by atoms with E-state index in [2.05, 4.69) is 14.8 Å².